The Bertz CT molecular complexity index is 288. The molecule has 2 fully saturated rings. The van der Waals surface area contributed by atoms with Crippen molar-refractivity contribution < 1.29 is 4.79 Å². The van der Waals surface area contributed by atoms with Crippen molar-refractivity contribution in [1.29, 1.82) is 0 Å². The maximum Gasteiger partial charge on any atom is 0.225 e. The third-order valence-corrected chi connectivity index (χ3v) is 5.18. The topological polar surface area (TPSA) is 46.3 Å². The first kappa shape index (κ1) is 17.8. The predicted molar refractivity (Wildman–Crippen MR) is 86.0 cm³/mol. The summed E-state index contributed by atoms with van der Waals surface area (Å²) in [4.78, 5) is 14.9. The van der Waals surface area contributed by atoms with Gasteiger partial charge in [0, 0.05) is 18.5 Å². The molecule has 1 saturated heterocycles. The zero-order valence-electron chi connectivity index (χ0n) is 12.9. The van der Waals surface area contributed by atoms with Gasteiger partial charge in [0.1, 0.15) is 0 Å². The molecule has 2 rings (SSSR count). The average molecular weight is 303 g/mol. The zero-order chi connectivity index (χ0) is 13.7. The van der Waals surface area contributed by atoms with E-state index in [-0.39, 0.29) is 12.4 Å². The lowest BCUT2D eigenvalue weighted by Gasteiger charge is -2.39. The van der Waals surface area contributed by atoms with Gasteiger partial charge in [-0.05, 0) is 63.8 Å². The summed E-state index contributed by atoms with van der Waals surface area (Å²) in [6.45, 7) is 3.95. The first-order valence-corrected chi connectivity index (χ1v) is 8.26. The molecular formula is C16H31ClN2O. The smallest absolute Gasteiger partial charge is 0.225 e. The molecule has 1 aliphatic heterocycles. The quantitative estimate of drug-likeness (QED) is 0.865. The van der Waals surface area contributed by atoms with Gasteiger partial charge in [0.15, 0.2) is 0 Å². The van der Waals surface area contributed by atoms with Crippen LogP contribution in [-0.2, 0) is 4.79 Å². The minimum absolute atomic E-state index is 0. The lowest BCUT2D eigenvalue weighted by molar-refractivity contribution is -0.140. The van der Waals surface area contributed by atoms with Crippen LogP contribution in [0.15, 0.2) is 0 Å². The number of carbonyl (C=O) groups is 1. The highest BCUT2D eigenvalue weighted by atomic mass is 35.5. The summed E-state index contributed by atoms with van der Waals surface area (Å²) in [5, 5.41) is 0. The van der Waals surface area contributed by atoms with Gasteiger partial charge < -0.3 is 10.6 Å². The van der Waals surface area contributed by atoms with Crippen LogP contribution in [-0.4, -0.2) is 29.9 Å². The SMILES string of the molecule is CCC1CCC(C(=O)N2CCCCC2CCN)CC1.Cl. The van der Waals surface area contributed by atoms with Crippen molar-refractivity contribution in [2.24, 2.45) is 17.6 Å². The van der Waals surface area contributed by atoms with Gasteiger partial charge in [0.05, 0.1) is 0 Å². The number of hydrogen-bond donors (Lipinski definition) is 1. The molecule has 1 saturated carbocycles. The van der Waals surface area contributed by atoms with E-state index in [4.69, 9.17) is 5.73 Å². The van der Waals surface area contributed by atoms with E-state index in [1.165, 1.54) is 32.1 Å². The summed E-state index contributed by atoms with van der Waals surface area (Å²) in [5.41, 5.74) is 5.70. The van der Waals surface area contributed by atoms with Crippen molar-refractivity contribution in [3.8, 4) is 0 Å². The number of carbonyl (C=O) groups excluding carboxylic acids is 1. The van der Waals surface area contributed by atoms with E-state index in [0.717, 1.165) is 38.1 Å². The van der Waals surface area contributed by atoms with Crippen LogP contribution in [0.2, 0.25) is 0 Å². The fraction of sp³-hybridized carbons (Fsp3) is 0.938. The Labute approximate surface area is 130 Å². The second-order valence-electron chi connectivity index (χ2n) is 6.38. The second-order valence-corrected chi connectivity index (χ2v) is 6.38. The highest BCUT2D eigenvalue weighted by Crippen LogP contribution is 2.33. The lowest BCUT2D eigenvalue weighted by Crippen LogP contribution is -2.47. The molecule has 1 heterocycles. The van der Waals surface area contributed by atoms with Crippen molar-refractivity contribution in [2.75, 3.05) is 13.1 Å². The second kappa shape index (κ2) is 8.89. The van der Waals surface area contributed by atoms with Crippen LogP contribution < -0.4 is 5.73 Å². The van der Waals surface area contributed by atoms with Crippen molar-refractivity contribution >= 4 is 18.3 Å². The van der Waals surface area contributed by atoms with Gasteiger partial charge >= 0.3 is 0 Å². The fourth-order valence-electron chi connectivity index (χ4n) is 3.84. The van der Waals surface area contributed by atoms with Gasteiger partial charge in [-0.3, -0.25) is 4.79 Å². The minimum Gasteiger partial charge on any atom is -0.339 e. The first-order valence-electron chi connectivity index (χ1n) is 8.26. The summed E-state index contributed by atoms with van der Waals surface area (Å²) in [5.74, 6) is 1.61. The Morgan fingerprint density at radius 1 is 1.15 bits per heavy atom. The van der Waals surface area contributed by atoms with Crippen LogP contribution in [0, 0.1) is 11.8 Å². The molecular weight excluding hydrogens is 272 g/mol. The molecule has 0 radical (unpaired) electrons. The number of piperidine rings is 1. The highest BCUT2D eigenvalue weighted by molar-refractivity contribution is 5.85. The number of halogens is 1. The Kier molecular flexibility index (Phi) is 7.90. The van der Waals surface area contributed by atoms with E-state index >= 15 is 0 Å². The molecule has 2 N–H and O–H groups in total. The van der Waals surface area contributed by atoms with Crippen LogP contribution in [0.5, 0.6) is 0 Å². The molecule has 2 aliphatic rings. The Morgan fingerprint density at radius 2 is 1.85 bits per heavy atom. The number of nitrogens with zero attached hydrogens (tertiary/aromatic N) is 1. The van der Waals surface area contributed by atoms with Crippen molar-refractivity contribution in [3.63, 3.8) is 0 Å². The summed E-state index contributed by atoms with van der Waals surface area (Å²) in [6.07, 6.45) is 10.6. The summed E-state index contributed by atoms with van der Waals surface area (Å²) >= 11 is 0. The standard InChI is InChI=1S/C16H30N2O.ClH/c1-2-13-6-8-14(9-7-13)16(19)18-12-4-3-5-15(18)10-11-17;/h13-15H,2-12,17H2,1H3;1H. The maximum atomic E-state index is 12.7. The predicted octanol–water partition coefficient (Wildman–Crippen LogP) is 3.35. The summed E-state index contributed by atoms with van der Waals surface area (Å²) in [6, 6.07) is 0.426. The zero-order valence-corrected chi connectivity index (χ0v) is 13.7. The summed E-state index contributed by atoms with van der Waals surface area (Å²) in [7, 11) is 0. The molecule has 0 aromatic carbocycles. The number of amides is 1. The maximum absolute atomic E-state index is 12.7. The number of rotatable bonds is 4. The van der Waals surface area contributed by atoms with E-state index in [1.54, 1.807) is 0 Å². The molecule has 0 spiro atoms. The van der Waals surface area contributed by atoms with Crippen LogP contribution >= 0.6 is 12.4 Å². The van der Waals surface area contributed by atoms with Crippen LogP contribution in [0.3, 0.4) is 0 Å². The number of hydrogen-bond acceptors (Lipinski definition) is 2. The van der Waals surface area contributed by atoms with Crippen molar-refractivity contribution in [2.45, 2.75) is 70.8 Å². The Hall–Kier alpha value is -0.280. The van der Waals surface area contributed by atoms with E-state index in [9.17, 15) is 4.79 Å². The van der Waals surface area contributed by atoms with Gasteiger partial charge in [0.2, 0.25) is 5.91 Å². The average Bonchev–Trinajstić information content (AvgIpc) is 2.47. The first-order chi connectivity index (χ1) is 9.26. The van der Waals surface area contributed by atoms with Crippen molar-refractivity contribution in [3.05, 3.63) is 0 Å². The normalized spacial score (nSPS) is 30.7. The Morgan fingerprint density at radius 3 is 2.45 bits per heavy atom. The fourth-order valence-corrected chi connectivity index (χ4v) is 3.84. The van der Waals surface area contributed by atoms with Gasteiger partial charge in [-0.15, -0.1) is 12.4 Å². The third-order valence-electron chi connectivity index (χ3n) is 5.18. The van der Waals surface area contributed by atoms with Crippen molar-refractivity contribution in [1.82, 2.24) is 4.90 Å². The monoisotopic (exact) mass is 302 g/mol. The van der Waals surface area contributed by atoms with E-state index in [2.05, 4.69) is 11.8 Å². The molecule has 0 bridgehead atoms. The van der Waals surface area contributed by atoms with Crippen LogP contribution in [0.25, 0.3) is 0 Å². The van der Waals surface area contributed by atoms with Gasteiger partial charge in [-0.2, -0.15) is 0 Å². The molecule has 3 nitrogen and oxygen atoms in total. The lowest BCUT2D eigenvalue weighted by atomic mass is 9.80. The molecule has 4 heteroatoms. The minimum atomic E-state index is 0. The molecule has 0 aromatic rings. The third kappa shape index (κ3) is 4.36. The molecule has 0 aromatic heterocycles. The molecule has 1 unspecified atom stereocenters. The van der Waals surface area contributed by atoms with Crippen LogP contribution in [0.1, 0.15) is 64.7 Å². The Balaban J connectivity index is 0.00000200. The van der Waals surface area contributed by atoms with Gasteiger partial charge in [-0.25, -0.2) is 0 Å². The highest BCUT2D eigenvalue weighted by Gasteiger charge is 2.33. The van der Waals surface area contributed by atoms with Gasteiger partial charge in [0.25, 0.3) is 0 Å². The van der Waals surface area contributed by atoms with E-state index < -0.39 is 0 Å². The van der Waals surface area contributed by atoms with E-state index in [0.29, 0.717) is 24.4 Å². The number of likely N-dealkylation sites (tertiary alicyclic amines) is 1. The van der Waals surface area contributed by atoms with Gasteiger partial charge in [-0.1, -0.05) is 13.3 Å². The molecule has 118 valence electrons. The number of nitrogens with two attached hydrogens (primary N) is 1. The van der Waals surface area contributed by atoms with Crippen LogP contribution in [0.4, 0.5) is 0 Å². The van der Waals surface area contributed by atoms with E-state index in [1.807, 2.05) is 0 Å². The molecule has 20 heavy (non-hydrogen) atoms. The summed E-state index contributed by atoms with van der Waals surface area (Å²) < 4.78 is 0. The largest absolute Gasteiger partial charge is 0.339 e. The molecule has 1 aliphatic carbocycles. The molecule has 1 amide bonds. The molecule has 1 atom stereocenters.